The van der Waals surface area contributed by atoms with Gasteiger partial charge in [0.25, 0.3) is 10.0 Å². The van der Waals surface area contributed by atoms with Gasteiger partial charge in [-0.2, -0.15) is 0 Å². The zero-order valence-corrected chi connectivity index (χ0v) is 17.2. The van der Waals surface area contributed by atoms with Gasteiger partial charge in [0.1, 0.15) is 5.69 Å². The largest absolute Gasteiger partial charge is 0.464 e. The van der Waals surface area contributed by atoms with E-state index in [9.17, 15) is 13.2 Å². The van der Waals surface area contributed by atoms with E-state index >= 15 is 0 Å². The number of carbonyl (C=O) groups excluding carboxylic acids is 1. The van der Waals surface area contributed by atoms with Crippen molar-refractivity contribution in [1.29, 1.82) is 0 Å². The van der Waals surface area contributed by atoms with Crippen LogP contribution in [0.15, 0.2) is 52.4 Å². The van der Waals surface area contributed by atoms with E-state index < -0.39 is 16.0 Å². The number of benzene rings is 1. The lowest BCUT2D eigenvalue weighted by atomic mass is 10.1. The molecule has 9 heteroatoms. The Morgan fingerprint density at radius 2 is 1.85 bits per heavy atom. The molecule has 27 heavy (non-hydrogen) atoms. The highest BCUT2D eigenvalue weighted by molar-refractivity contribution is 9.10. The summed E-state index contributed by atoms with van der Waals surface area (Å²) in [5, 5.41) is 0. The number of methoxy groups -OCH3 is 1. The van der Waals surface area contributed by atoms with E-state index in [1.165, 1.54) is 31.5 Å². The highest BCUT2D eigenvalue weighted by Crippen LogP contribution is 2.28. The van der Waals surface area contributed by atoms with Crippen molar-refractivity contribution in [3.8, 4) is 11.3 Å². The van der Waals surface area contributed by atoms with E-state index in [1.54, 1.807) is 25.3 Å². The number of ether oxygens (including phenoxy) is 1. The molecular weight excluding hydrogens is 434 g/mol. The van der Waals surface area contributed by atoms with Gasteiger partial charge in [0.15, 0.2) is 4.73 Å². The van der Waals surface area contributed by atoms with Gasteiger partial charge in [0.2, 0.25) is 0 Å². The summed E-state index contributed by atoms with van der Waals surface area (Å²) in [6.45, 7) is 3.66. The van der Waals surface area contributed by atoms with Gasteiger partial charge in [-0.1, -0.05) is 17.7 Å². The molecule has 0 aliphatic carbocycles. The summed E-state index contributed by atoms with van der Waals surface area (Å²) in [7, 11) is -2.79. The Kier molecular flexibility index (Phi) is 5.16. The number of hydrogen-bond acceptors (Lipinski definition) is 6. The summed E-state index contributed by atoms with van der Waals surface area (Å²) in [4.78, 5) is 20.6. The second kappa shape index (κ2) is 7.24. The average molecular weight is 450 g/mol. The normalized spacial score (nSPS) is 11.4. The van der Waals surface area contributed by atoms with Crippen molar-refractivity contribution in [2.24, 2.45) is 0 Å². The molecule has 0 fully saturated rings. The first-order valence-corrected chi connectivity index (χ1v) is 10.1. The second-order valence-electron chi connectivity index (χ2n) is 5.89. The Morgan fingerprint density at radius 3 is 2.48 bits per heavy atom. The lowest BCUT2D eigenvalue weighted by Crippen LogP contribution is -2.18. The molecule has 3 rings (SSSR count). The van der Waals surface area contributed by atoms with Gasteiger partial charge < -0.3 is 4.74 Å². The molecule has 0 aliphatic rings. The van der Waals surface area contributed by atoms with Crippen molar-refractivity contribution < 1.29 is 17.9 Å². The monoisotopic (exact) mass is 449 g/mol. The molecule has 140 valence electrons. The van der Waals surface area contributed by atoms with Crippen LogP contribution in [0.3, 0.4) is 0 Å². The summed E-state index contributed by atoms with van der Waals surface area (Å²) in [5.41, 5.74) is 2.53. The fourth-order valence-electron chi connectivity index (χ4n) is 2.56. The summed E-state index contributed by atoms with van der Waals surface area (Å²) in [5.74, 6) is -0.761. The molecule has 7 nitrogen and oxygen atoms in total. The minimum atomic E-state index is -3.99. The van der Waals surface area contributed by atoms with Gasteiger partial charge in [-0.05, 0) is 53.5 Å². The number of carbonyl (C=O) groups is 1. The number of nitrogens with zero attached hydrogens (tertiary/aromatic N) is 3. The van der Waals surface area contributed by atoms with Gasteiger partial charge in [-0.15, -0.1) is 0 Å². The summed E-state index contributed by atoms with van der Waals surface area (Å²) in [6, 6.07) is 7.83. The first-order chi connectivity index (χ1) is 12.7. The van der Waals surface area contributed by atoms with Crippen LogP contribution in [0.5, 0.6) is 0 Å². The van der Waals surface area contributed by atoms with Crippen LogP contribution in [0.25, 0.3) is 11.3 Å². The van der Waals surface area contributed by atoms with Crippen LogP contribution in [0.4, 0.5) is 0 Å². The molecule has 0 unspecified atom stereocenters. The third-order valence-corrected chi connectivity index (χ3v) is 6.04. The molecule has 2 aromatic heterocycles. The van der Waals surface area contributed by atoms with Crippen molar-refractivity contribution in [3.63, 3.8) is 0 Å². The molecule has 0 N–H and O–H groups in total. The van der Waals surface area contributed by atoms with Crippen molar-refractivity contribution in [2.45, 2.75) is 18.7 Å². The van der Waals surface area contributed by atoms with Crippen molar-refractivity contribution in [3.05, 3.63) is 64.3 Å². The van der Waals surface area contributed by atoms with E-state index in [-0.39, 0.29) is 10.6 Å². The van der Waals surface area contributed by atoms with Crippen LogP contribution >= 0.6 is 15.9 Å². The quantitative estimate of drug-likeness (QED) is 0.447. The summed E-state index contributed by atoms with van der Waals surface area (Å²) < 4.78 is 32.2. The SMILES string of the molecule is COC(=O)c1cc(-c2nc(Br)ncc2C)cn1S(=O)(=O)c1ccc(C)cc1. The van der Waals surface area contributed by atoms with Gasteiger partial charge in [-0.25, -0.2) is 27.2 Å². The minimum absolute atomic E-state index is 0.0704. The lowest BCUT2D eigenvalue weighted by Gasteiger charge is -2.09. The molecule has 2 heterocycles. The molecule has 1 aromatic carbocycles. The van der Waals surface area contributed by atoms with Gasteiger partial charge >= 0.3 is 5.97 Å². The zero-order chi connectivity index (χ0) is 19.8. The molecule has 0 aliphatic heterocycles. The third-order valence-electron chi connectivity index (χ3n) is 3.97. The Morgan fingerprint density at radius 1 is 1.19 bits per heavy atom. The molecule has 0 bridgehead atoms. The van der Waals surface area contributed by atoms with Gasteiger partial charge in [0.05, 0.1) is 17.7 Å². The smallest absolute Gasteiger partial charge is 0.355 e. The zero-order valence-electron chi connectivity index (χ0n) is 14.8. The highest BCUT2D eigenvalue weighted by Gasteiger charge is 2.26. The van der Waals surface area contributed by atoms with Crippen LogP contribution in [0, 0.1) is 13.8 Å². The topological polar surface area (TPSA) is 91.2 Å². The average Bonchev–Trinajstić information content (AvgIpc) is 3.09. The molecule has 0 radical (unpaired) electrons. The molecule has 0 spiro atoms. The van der Waals surface area contributed by atoms with Crippen LogP contribution < -0.4 is 0 Å². The fourth-order valence-corrected chi connectivity index (χ4v) is 4.19. The Hall–Kier alpha value is -2.52. The van der Waals surface area contributed by atoms with E-state index in [0.717, 1.165) is 15.1 Å². The van der Waals surface area contributed by atoms with Crippen LogP contribution in [-0.2, 0) is 14.8 Å². The van der Waals surface area contributed by atoms with Crippen molar-refractivity contribution in [1.82, 2.24) is 13.9 Å². The maximum atomic E-state index is 13.1. The minimum Gasteiger partial charge on any atom is -0.464 e. The first-order valence-electron chi connectivity index (χ1n) is 7.86. The number of halogens is 1. The Bertz CT molecular complexity index is 1120. The lowest BCUT2D eigenvalue weighted by molar-refractivity contribution is 0.0593. The van der Waals surface area contributed by atoms with Crippen LogP contribution in [0.2, 0.25) is 0 Å². The van der Waals surface area contributed by atoms with Gasteiger partial charge in [0, 0.05) is 18.0 Å². The predicted octanol–water partition coefficient (Wildman–Crippen LogP) is 3.35. The molecule has 0 saturated heterocycles. The van der Waals surface area contributed by atoms with Crippen LogP contribution in [-0.4, -0.2) is 35.4 Å². The van der Waals surface area contributed by atoms with Crippen LogP contribution in [0.1, 0.15) is 21.6 Å². The second-order valence-corrected chi connectivity index (χ2v) is 8.41. The molecule has 0 atom stereocenters. The van der Waals surface area contributed by atoms with E-state index in [4.69, 9.17) is 4.74 Å². The summed E-state index contributed by atoms with van der Waals surface area (Å²) >= 11 is 3.21. The molecular formula is C18H16BrN3O4S. The summed E-state index contributed by atoms with van der Waals surface area (Å²) in [6.07, 6.45) is 2.97. The number of esters is 1. The van der Waals surface area contributed by atoms with Crippen molar-refractivity contribution in [2.75, 3.05) is 7.11 Å². The molecule has 3 aromatic rings. The van der Waals surface area contributed by atoms with E-state index in [0.29, 0.717) is 16.0 Å². The molecule has 0 saturated carbocycles. The Labute approximate surface area is 165 Å². The maximum Gasteiger partial charge on any atom is 0.355 e. The first kappa shape index (κ1) is 19.2. The van der Waals surface area contributed by atoms with Gasteiger partial charge in [-0.3, -0.25) is 0 Å². The third kappa shape index (κ3) is 3.65. The molecule has 0 amide bonds. The highest BCUT2D eigenvalue weighted by atomic mass is 79.9. The Balaban J connectivity index is 2.23. The number of hydrogen-bond donors (Lipinski definition) is 0. The maximum absolute atomic E-state index is 13.1. The fraction of sp³-hybridized carbons (Fsp3) is 0.167. The standard InChI is InChI=1S/C18H16BrN3O4S/c1-11-4-6-14(7-5-11)27(24,25)22-10-13(8-15(22)17(23)26-3)16-12(2)9-20-18(19)21-16/h4-10H,1-3H3. The number of rotatable bonds is 4. The predicted molar refractivity (Wildman–Crippen MR) is 103 cm³/mol. The van der Waals surface area contributed by atoms with Crippen molar-refractivity contribution >= 4 is 31.9 Å². The number of aromatic nitrogens is 3. The number of aryl methyl sites for hydroxylation is 2. The van der Waals surface area contributed by atoms with E-state index in [1.807, 2.05) is 6.92 Å². The van der Waals surface area contributed by atoms with E-state index in [2.05, 4.69) is 25.9 Å².